The zero-order valence-electron chi connectivity index (χ0n) is 12.3. The Hall–Kier alpha value is -2.40. The summed E-state index contributed by atoms with van der Waals surface area (Å²) in [5.74, 6) is 0.919. The number of aromatic nitrogens is 3. The van der Waals surface area contributed by atoms with Crippen molar-refractivity contribution < 1.29 is 0 Å². The third-order valence-corrected chi connectivity index (χ3v) is 3.43. The molecule has 5 nitrogen and oxygen atoms in total. The Morgan fingerprint density at radius 2 is 2.00 bits per heavy atom. The Morgan fingerprint density at radius 1 is 1.19 bits per heavy atom. The number of fused-ring (bicyclic) bond motifs is 1. The molecule has 5 heteroatoms. The van der Waals surface area contributed by atoms with Gasteiger partial charge in [-0.15, -0.1) is 0 Å². The molecule has 0 saturated carbocycles. The normalized spacial score (nSPS) is 11.0. The summed E-state index contributed by atoms with van der Waals surface area (Å²) in [5, 5.41) is 7.98. The molecule has 0 fully saturated rings. The lowest BCUT2D eigenvalue weighted by molar-refractivity contribution is 0.911. The fourth-order valence-corrected chi connectivity index (χ4v) is 2.42. The molecule has 21 heavy (non-hydrogen) atoms. The summed E-state index contributed by atoms with van der Waals surface area (Å²) in [7, 11) is 0. The molecular weight excluding hydrogens is 262 g/mol. The van der Waals surface area contributed by atoms with Crippen molar-refractivity contribution in [1.29, 1.82) is 0 Å². The molecule has 0 spiro atoms. The molecule has 0 bridgehead atoms. The lowest BCUT2D eigenvalue weighted by Crippen LogP contribution is -2.15. The molecule has 3 rings (SSSR count). The van der Waals surface area contributed by atoms with E-state index in [2.05, 4.69) is 34.5 Å². The van der Waals surface area contributed by atoms with Crippen LogP contribution in [0.2, 0.25) is 0 Å². The van der Waals surface area contributed by atoms with Crippen LogP contribution in [0.4, 0.5) is 5.82 Å². The summed E-state index contributed by atoms with van der Waals surface area (Å²) in [6, 6.07) is 12.2. The maximum atomic E-state index is 5.57. The van der Waals surface area contributed by atoms with Gasteiger partial charge in [-0.05, 0) is 19.4 Å². The molecule has 0 aliphatic carbocycles. The van der Waals surface area contributed by atoms with Crippen LogP contribution in [0.15, 0.2) is 36.4 Å². The minimum atomic E-state index is 0.578. The predicted molar refractivity (Wildman–Crippen MR) is 85.4 cm³/mol. The summed E-state index contributed by atoms with van der Waals surface area (Å²) in [6.07, 6.45) is 0. The molecule has 0 amide bonds. The van der Waals surface area contributed by atoms with Gasteiger partial charge in [0.15, 0.2) is 5.65 Å². The highest BCUT2D eigenvalue weighted by Crippen LogP contribution is 2.24. The summed E-state index contributed by atoms with van der Waals surface area (Å²) in [5.41, 5.74) is 10.6. The van der Waals surface area contributed by atoms with E-state index in [9.17, 15) is 0 Å². The largest absolute Gasteiger partial charge is 0.369 e. The van der Waals surface area contributed by atoms with Crippen molar-refractivity contribution in [2.45, 2.75) is 13.8 Å². The van der Waals surface area contributed by atoms with Gasteiger partial charge in [0.2, 0.25) is 0 Å². The standard InChI is InChI=1S/C16H19N5/c1-11-5-3-4-6-13(11)14-10-16-19-12(2)9-15(18-8-7-17)21(16)20-14/h3-6,9-10,18H,7-8,17H2,1-2H3. The molecule has 0 aliphatic heterocycles. The van der Waals surface area contributed by atoms with E-state index in [1.54, 1.807) is 0 Å². The first-order valence-electron chi connectivity index (χ1n) is 7.06. The van der Waals surface area contributed by atoms with Crippen LogP contribution in [0, 0.1) is 13.8 Å². The van der Waals surface area contributed by atoms with Crippen LogP contribution >= 0.6 is 0 Å². The second-order valence-electron chi connectivity index (χ2n) is 5.11. The van der Waals surface area contributed by atoms with E-state index in [1.165, 1.54) is 5.56 Å². The van der Waals surface area contributed by atoms with Gasteiger partial charge in [-0.3, -0.25) is 0 Å². The summed E-state index contributed by atoms with van der Waals surface area (Å²) in [4.78, 5) is 4.55. The highest BCUT2D eigenvalue weighted by Gasteiger charge is 2.10. The summed E-state index contributed by atoms with van der Waals surface area (Å²) < 4.78 is 1.84. The Morgan fingerprint density at radius 3 is 2.76 bits per heavy atom. The van der Waals surface area contributed by atoms with E-state index in [4.69, 9.17) is 5.73 Å². The van der Waals surface area contributed by atoms with Crippen LogP contribution in [0.1, 0.15) is 11.3 Å². The van der Waals surface area contributed by atoms with Gasteiger partial charge >= 0.3 is 0 Å². The molecule has 2 heterocycles. The number of hydrogen-bond acceptors (Lipinski definition) is 4. The SMILES string of the molecule is Cc1cc(NCCN)n2nc(-c3ccccc3C)cc2n1. The molecular formula is C16H19N5. The molecule has 108 valence electrons. The zero-order valence-corrected chi connectivity index (χ0v) is 12.3. The lowest BCUT2D eigenvalue weighted by Gasteiger charge is -2.07. The van der Waals surface area contributed by atoms with Gasteiger partial charge in [-0.25, -0.2) is 4.98 Å². The molecule has 1 aromatic carbocycles. The minimum Gasteiger partial charge on any atom is -0.369 e. The van der Waals surface area contributed by atoms with Gasteiger partial charge < -0.3 is 11.1 Å². The number of aryl methyl sites for hydroxylation is 2. The van der Waals surface area contributed by atoms with Crippen LogP contribution < -0.4 is 11.1 Å². The van der Waals surface area contributed by atoms with Crippen molar-refractivity contribution in [3.8, 4) is 11.3 Å². The highest BCUT2D eigenvalue weighted by atomic mass is 15.3. The Bertz CT molecular complexity index is 775. The third kappa shape index (κ3) is 2.60. The van der Waals surface area contributed by atoms with Gasteiger partial charge in [0.25, 0.3) is 0 Å². The Kier molecular flexibility index (Phi) is 3.58. The van der Waals surface area contributed by atoms with Crippen molar-refractivity contribution in [3.63, 3.8) is 0 Å². The molecule has 0 unspecified atom stereocenters. The van der Waals surface area contributed by atoms with Crippen molar-refractivity contribution in [2.24, 2.45) is 5.73 Å². The summed E-state index contributed by atoms with van der Waals surface area (Å²) >= 11 is 0. The topological polar surface area (TPSA) is 68.2 Å². The molecule has 0 aliphatic rings. The second-order valence-corrected chi connectivity index (χ2v) is 5.11. The minimum absolute atomic E-state index is 0.578. The quantitative estimate of drug-likeness (QED) is 0.770. The van der Waals surface area contributed by atoms with Crippen molar-refractivity contribution in [3.05, 3.63) is 47.7 Å². The van der Waals surface area contributed by atoms with Crippen molar-refractivity contribution in [2.75, 3.05) is 18.4 Å². The second kappa shape index (κ2) is 5.54. The van der Waals surface area contributed by atoms with Crippen LogP contribution in [0.5, 0.6) is 0 Å². The monoisotopic (exact) mass is 281 g/mol. The van der Waals surface area contributed by atoms with Crippen LogP contribution in [-0.4, -0.2) is 27.7 Å². The Labute approximate surface area is 123 Å². The van der Waals surface area contributed by atoms with Gasteiger partial charge in [0.1, 0.15) is 5.82 Å². The molecule has 0 atom stereocenters. The average Bonchev–Trinajstić information content (AvgIpc) is 2.88. The Balaban J connectivity index is 2.13. The first kappa shape index (κ1) is 13.6. The third-order valence-electron chi connectivity index (χ3n) is 3.43. The smallest absolute Gasteiger partial charge is 0.158 e. The van der Waals surface area contributed by atoms with E-state index < -0.39 is 0 Å². The first-order valence-corrected chi connectivity index (χ1v) is 7.06. The zero-order chi connectivity index (χ0) is 14.8. The van der Waals surface area contributed by atoms with E-state index >= 15 is 0 Å². The van der Waals surface area contributed by atoms with E-state index in [-0.39, 0.29) is 0 Å². The van der Waals surface area contributed by atoms with Crippen LogP contribution in [0.3, 0.4) is 0 Å². The maximum absolute atomic E-state index is 5.57. The van der Waals surface area contributed by atoms with Crippen LogP contribution in [-0.2, 0) is 0 Å². The number of nitrogens with zero attached hydrogens (tertiary/aromatic N) is 3. The first-order chi connectivity index (χ1) is 10.2. The number of nitrogens with one attached hydrogen (secondary N) is 1. The molecule has 3 N–H and O–H groups in total. The lowest BCUT2D eigenvalue weighted by atomic mass is 10.1. The van der Waals surface area contributed by atoms with Gasteiger partial charge in [0, 0.05) is 36.5 Å². The molecule has 3 aromatic rings. The average molecular weight is 281 g/mol. The predicted octanol–water partition coefficient (Wildman–Crippen LogP) is 2.38. The highest BCUT2D eigenvalue weighted by molar-refractivity contribution is 5.68. The number of nitrogens with two attached hydrogens (primary N) is 1. The van der Waals surface area contributed by atoms with Gasteiger partial charge in [-0.1, -0.05) is 24.3 Å². The number of anilines is 1. The van der Waals surface area contributed by atoms with E-state index in [0.717, 1.165) is 28.4 Å². The number of benzene rings is 1. The van der Waals surface area contributed by atoms with E-state index in [0.29, 0.717) is 13.1 Å². The molecule has 2 aromatic heterocycles. The maximum Gasteiger partial charge on any atom is 0.158 e. The van der Waals surface area contributed by atoms with Crippen molar-refractivity contribution in [1.82, 2.24) is 14.6 Å². The van der Waals surface area contributed by atoms with Gasteiger partial charge in [-0.2, -0.15) is 9.61 Å². The summed E-state index contributed by atoms with van der Waals surface area (Å²) in [6.45, 7) is 5.35. The fourth-order valence-electron chi connectivity index (χ4n) is 2.42. The number of hydrogen-bond donors (Lipinski definition) is 2. The molecule has 0 saturated heterocycles. The van der Waals surface area contributed by atoms with Gasteiger partial charge in [0.05, 0.1) is 5.69 Å². The van der Waals surface area contributed by atoms with E-state index in [1.807, 2.05) is 35.7 Å². The number of rotatable bonds is 4. The molecule has 0 radical (unpaired) electrons. The fraction of sp³-hybridized carbons (Fsp3) is 0.250. The van der Waals surface area contributed by atoms with Crippen molar-refractivity contribution >= 4 is 11.5 Å². The van der Waals surface area contributed by atoms with Crippen LogP contribution in [0.25, 0.3) is 16.9 Å².